The summed E-state index contributed by atoms with van der Waals surface area (Å²) in [4.78, 5) is 0. The Kier molecular flexibility index (Phi) is 6.25. The van der Waals surface area contributed by atoms with E-state index < -0.39 is 16.3 Å². The molecule has 0 radical (unpaired) electrons. The van der Waals surface area contributed by atoms with E-state index in [4.69, 9.17) is 9.05 Å². The highest BCUT2D eigenvalue weighted by molar-refractivity contribution is 7.53. The third kappa shape index (κ3) is 4.42. The summed E-state index contributed by atoms with van der Waals surface area (Å²) in [6.07, 6.45) is 3.94. The average molecular weight is 282 g/mol. The second kappa shape index (κ2) is 6.96. The molecule has 5 nitrogen and oxygen atoms in total. The molecule has 0 N–H and O–H groups in total. The highest BCUT2D eigenvalue weighted by Gasteiger charge is 2.40. The maximum Gasteiger partial charge on any atom is 0.357 e. The molecule has 0 aromatic rings. The summed E-state index contributed by atoms with van der Waals surface area (Å²) < 4.78 is 37.3. The topological polar surface area (TPSA) is 61.8 Å². The molecule has 0 aliphatic carbocycles. The van der Waals surface area contributed by atoms with Crippen LogP contribution in [0, 0.1) is 5.41 Å². The molecule has 0 unspecified atom stereocenters. The summed E-state index contributed by atoms with van der Waals surface area (Å²) in [5, 5.41) is 0. The lowest BCUT2D eigenvalue weighted by molar-refractivity contribution is 0.00299. The van der Waals surface area contributed by atoms with Crippen molar-refractivity contribution in [1.29, 1.82) is 0 Å². The largest absolute Gasteiger partial charge is 0.357 e. The van der Waals surface area contributed by atoms with Crippen molar-refractivity contribution in [2.45, 2.75) is 39.5 Å². The van der Waals surface area contributed by atoms with Crippen LogP contribution in [-0.2, 0) is 22.7 Å². The molecule has 0 saturated carbocycles. The molecule has 100 valence electrons. The van der Waals surface area contributed by atoms with Gasteiger partial charge in [0.1, 0.15) is 0 Å². The van der Waals surface area contributed by atoms with Crippen LogP contribution >= 0.6 is 16.3 Å². The highest BCUT2D eigenvalue weighted by Crippen LogP contribution is 2.55. The van der Waals surface area contributed by atoms with Crippen LogP contribution in [0.3, 0.4) is 0 Å². The van der Waals surface area contributed by atoms with E-state index in [1.165, 1.54) is 0 Å². The van der Waals surface area contributed by atoms with E-state index in [2.05, 4.69) is 18.4 Å². The van der Waals surface area contributed by atoms with Crippen molar-refractivity contribution in [3.8, 4) is 0 Å². The number of hydrogen-bond acceptors (Lipinski definition) is 5. The Morgan fingerprint density at radius 3 is 2.47 bits per heavy atom. The lowest BCUT2D eigenvalue weighted by Crippen LogP contribution is -2.35. The van der Waals surface area contributed by atoms with E-state index in [9.17, 15) is 9.13 Å². The zero-order valence-electron chi connectivity index (χ0n) is 10.4. The zero-order valence-corrected chi connectivity index (χ0v) is 12.2. The minimum atomic E-state index is -3.18. The third-order valence-electron chi connectivity index (χ3n) is 3.21. The molecule has 0 aromatic heterocycles. The van der Waals surface area contributed by atoms with Gasteiger partial charge >= 0.3 is 16.3 Å². The Morgan fingerprint density at radius 1 is 1.35 bits per heavy atom. The summed E-state index contributed by atoms with van der Waals surface area (Å²) in [7, 11) is -3.69. The molecule has 0 atom stereocenters. The molecule has 0 aromatic carbocycles. The first-order chi connectivity index (χ1) is 8.10. The Hall–Kier alpha value is 0.210. The maximum atomic E-state index is 12.0. The molecule has 0 spiro atoms. The molecule has 1 saturated heterocycles. The van der Waals surface area contributed by atoms with Crippen molar-refractivity contribution in [1.82, 2.24) is 0 Å². The fourth-order valence-electron chi connectivity index (χ4n) is 1.80. The molecule has 1 heterocycles. The second-order valence-electron chi connectivity index (χ2n) is 4.45. The monoisotopic (exact) mass is 282 g/mol. The van der Waals surface area contributed by atoms with Gasteiger partial charge in [0.25, 0.3) is 0 Å². The van der Waals surface area contributed by atoms with Gasteiger partial charge in [-0.1, -0.05) is 26.7 Å². The van der Waals surface area contributed by atoms with Crippen molar-refractivity contribution in [3.63, 3.8) is 0 Å². The minimum absolute atomic E-state index is 0.0287. The Morgan fingerprint density at radius 2 is 2.00 bits per heavy atom. The fourth-order valence-corrected chi connectivity index (χ4v) is 3.71. The number of rotatable bonds is 7. The van der Waals surface area contributed by atoms with E-state index in [0.29, 0.717) is 13.2 Å². The SMILES string of the molecule is CCCCC1(CC)COP(=O)(COP=O)OC1. The quantitative estimate of drug-likeness (QED) is 0.660. The normalized spacial score (nSPS) is 34.0. The summed E-state index contributed by atoms with van der Waals surface area (Å²) in [6, 6.07) is 0. The van der Waals surface area contributed by atoms with Gasteiger partial charge in [-0.3, -0.25) is 9.09 Å². The van der Waals surface area contributed by atoms with Crippen LogP contribution in [0.1, 0.15) is 39.5 Å². The van der Waals surface area contributed by atoms with Crippen LogP contribution in [0.5, 0.6) is 0 Å². The second-order valence-corrected chi connectivity index (χ2v) is 6.85. The van der Waals surface area contributed by atoms with Crippen molar-refractivity contribution >= 4 is 16.3 Å². The van der Waals surface area contributed by atoms with Gasteiger partial charge in [0.05, 0.1) is 13.2 Å². The van der Waals surface area contributed by atoms with Crippen LogP contribution in [0.25, 0.3) is 0 Å². The third-order valence-corrected chi connectivity index (χ3v) is 5.14. The fraction of sp³-hybridized carbons (Fsp3) is 1.00. The van der Waals surface area contributed by atoms with E-state index in [-0.39, 0.29) is 11.8 Å². The molecule has 0 bridgehead atoms. The molecule has 1 rings (SSSR count). The molecular formula is C10H20O5P2. The van der Waals surface area contributed by atoms with Gasteiger partial charge in [-0.2, -0.15) is 0 Å². The smallest absolute Gasteiger partial charge is 0.306 e. The van der Waals surface area contributed by atoms with Crippen LogP contribution in [0.4, 0.5) is 0 Å². The zero-order chi connectivity index (χ0) is 12.8. The Bertz CT molecular complexity index is 282. The van der Waals surface area contributed by atoms with Crippen LogP contribution in [0.15, 0.2) is 0 Å². The summed E-state index contributed by atoms with van der Waals surface area (Å²) >= 11 is 0. The van der Waals surface area contributed by atoms with E-state index in [1.54, 1.807) is 0 Å². The number of unbranched alkanes of at least 4 members (excludes halogenated alkanes) is 1. The van der Waals surface area contributed by atoms with E-state index in [1.807, 2.05) is 0 Å². The molecule has 1 aliphatic rings. The lowest BCUT2D eigenvalue weighted by Gasteiger charge is -2.38. The average Bonchev–Trinajstić information content (AvgIpc) is 2.37. The summed E-state index contributed by atoms with van der Waals surface area (Å²) in [6.45, 7) is 5.09. The molecule has 1 fully saturated rings. The van der Waals surface area contributed by atoms with Crippen molar-refractivity contribution in [2.24, 2.45) is 5.41 Å². The van der Waals surface area contributed by atoms with E-state index in [0.717, 1.165) is 25.7 Å². The molecule has 7 heteroatoms. The van der Waals surface area contributed by atoms with Gasteiger partial charge in [0, 0.05) is 5.41 Å². The summed E-state index contributed by atoms with van der Waals surface area (Å²) in [5.41, 5.74) is -0.0287. The first kappa shape index (κ1) is 15.3. The maximum absolute atomic E-state index is 12.0. The predicted molar refractivity (Wildman–Crippen MR) is 65.3 cm³/mol. The first-order valence-corrected chi connectivity index (χ1v) is 8.38. The molecule has 0 amide bonds. The highest BCUT2D eigenvalue weighted by atomic mass is 31.2. The molecule has 17 heavy (non-hydrogen) atoms. The first-order valence-electron chi connectivity index (χ1n) is 5.92. The minimum Gasteiger partial charge on any atom is -0.306 e. The van der Waals surface area contributed by atoms with Gasteiger partial charge in [0.15, 0.2) is 6.35 Å². The molecule has 1 aliphatic heterocycles. The van der Waals surface area contributed by atoms with Crippen LogP contribution in [0.2, 0.25) is 0 Å². The van der Waals surface area contributed by atoms with Crippen molar-refractivity contribution in [2.75, 3.05) is 19.6 Å². The standard InChI is InChI=1S/C10H20O5P2/c1-3-5-6-10(4-2)7-14-17(12,15-8-10)9-13-16-11/h3-9H2,1-2H3. The van der Waals surface area contributed by atoms with Gasteiger partial charge in [-0.25, -0.2) is 4.57 Å². The summed E-state index contributed by atoms with van der Waals surface area (Å²) in [5.74, 6) is 0. The van der Waals surface area contributed by atoms with Gasteiger partial charge in [-0.15, -0.1) is 0 Å². The van der Waals surface area contributed by atoms with Crippen LogP contribution in [-0.4, -0.2) is 19.6 Å². The van der Waals surface area contributed by atoms with Crippen LogP contribution < -0.4 is 0 Å². The van der Waals surface area contributed by atoms with E-state index >= 15 is 0 Å². The predicted octanol–water partition coefficient (Wildman–Crippen LogP) is 3.99. The van der Waals surface area contributed by atoms with Gasteiger partial charge in [-0.05, 0) is 12.8 Å². The Balaban J connectivity index is 2.51. The molecular weight excluding hydrogens is 262 g/mol. The lowest BCUT2D eigenvalue weighted by atomic mass is 9.82. The van der Waals surface area contributed by atoms with Crippen molar-refractivity contribution < 1.29 is 22.7 Å². The Labute approximate surface area is 104 Å². The number of hydrogen-bond donors (Lipinski definition) is 0. The van der Waals surface area contributed by atoms with Gasteiger partial charge in [0.2, 0.25) is 0 Å². The van der Waals surface area contributed by atoms with Gasteiger partial charge < -0.3 is 9.05 Å². The van der Waals surface area contributed by atoms with Crippen molar-refractivity contribution in [3.05, 3.63) is 0 Å².